The quantitative estimate of drug-likeness (QED) is 0.527. The largest absolute Gasteiger partial charge is 0.495 e. The van der Waals surface area contributed by atoms with E-state index in [1.165, 1.54) is 25.3 Å². The summed E-state index contributed by atoms with van der Waals surface area (Å²) in [4.78, 5) is 12.8. The molecule has 0 radical (unpaired) electrons. The van der Waals surface area contributed by atoms with Crippen molar-refractivity contribution < 1.29 is 23.4 Å². The number of aliphatic hydroxyl groups excluding tert-OH is 1. The van der Waals surface area contributed by atoms with Crippen molar-refractivity contribution in [3.63, 3.8) is 0 Å². The summed E-state index contributed by atoms with van der Waals surface area (Å²) < 4.78 is 33.4. The molecule has 3 rings (SSSR count). The molecular formula is C19H18BrF2N3O3. The summed E-state index contributed by atoms with van der Waals surface area (Å²) in [6, 6.07) is 6.68. The Morgan fingerprint density at radius 2 is 2.18 bits per heavy atom. The molecule has 1 heterocycles. The van der Waals surface area contributed by atoms with Gasteiger partial charge in [0.2, 0.25) is 0 Å². The van der Waals surface area contributed by atoms with Gasteiger partial charge in [0.1, 0.15) is 12.4 Å². The van der Waals surface area contributed by atoms with Crippen LogP contribution in [-0.4, -0.2) is 34.9 Å². The summed E-state index contributed by atoms with van der Waals surface area (Å²) in [7, 11) is 1.52. The van der Waals surface area contributed by atoms with E-state index in [-0.39, 0.29) is 5.56 Å². The van der Waals surface area contributed by atoms with Crippen LogP contribution >= 0.6 is 15.9 Å². The van der Waals surface area contributed by atoms with Crippen LogP contribution in [0.3, 0.4) is 0 Å². The zero-order valence-corrected chi connectivity index (χ0v) is 16.7. The molecule has 1 atom stereocenters. The van der Waals surface area contributed by atoms with Crippen LogP contribution < -0.4 is 10.1 Å². The normalized spacial score (nSPS) is 12.8. The van der Waals surface area contributed by atoms with Crippen molar-refractivity contribution in [2.24, 2.45) is 0 Å². The minimum absolute atomic E-state index is 0.309. The number of halogens is 3. The van der Waals surface area contributed by atoms with Gasteiger partial charge in [0, 0.05) is 5.56 Å². The molecule has 0 aliphatic heterocycles. The first-order chi connectivity index (χ1) is 13.3. The highest BCUT2D eigenvalue weighted by Gasteiger charge is 2.31. The number of benzene rings is 2. The molecule has 2 aromatic carbocycles. The van der Waals surface area contributed by atoms with Gasteiger partial charge in [-0.3, -0.25) is 9.89 Å². The van der Waals surface area contributed by atoms with E-state index in [1.54, 1.807) is 25.3 Å². The van der Waals surface area contributed by atoms with Crippen molar-refractivity contribution in [2.45, 2.75) is 18.9 Å². The molecule has 6 nitrogen and oxygen atoms in total. The van der Waals surface area contributed by atoms with Crippen LogP contribution in [-0.2, 0) is 5.92 Å². The van der Waals surface area contributed by atoms with Crippen molar-refractivity contribution >= 4 is 32.7 Å². The topological polar surface area (TPSA) is 87.2 Å². The number of aromatic amines is 1. The number of fused-ring (bicyclic) bond motifs is 1. The molecule has 3 aromatic rings. The summed E-state index contributed by atoms with van der Waals surface area (Å²) in [5.41, 5.74) is 1.03. The number of aromatic nitrogens is 2. The van der Waals surface area contributed by atoms with E-state index in [1.807, 2.05) is 0 Å². The average Bonchev–Trinajstić information content (AvgIpc) is 3.16. The second kappa shape index (κ2) is 7.84. The van der Waals surface area contributed by atoms with Gasteiger partial charge >= 0.3 is 0 Å². The molecule has 0 unspecified atom stereocenters. The van der Waals surface area contributed by atoms with Gasteiger partial charge in [-0.2, -0.15) is 13.9 Å². The highest BCUT2D eigenvalue weighted by molar-refractivity contribution is 9.10. The van der Waals surface area contributed by atoms with Gasteiger partial charge in [-0.15, -0.1) is 0 Å². The maximum absolute atomic E-state index is 13.7. The maximum atomic E-state index is 13.7. The Morgan fingerprint density at radius 1 is 1.43 bits per heavy atom. The average molecular weight is 454 g/mol. The van der Waals surface area contributed by atoms with E-state index in [0.29, 0.717) is 32.3 Å². The van der Waals surface area contributed by atoms with Gasteiger partial charge < -0.3 is 15.2 Å². The van der Waals surface area contributed by atoms with E-state index in [9.17, 15) is 13.6 Å². The minimum atomic E-state index is -3.34. The summed E-state index contributed by atoms with van der Waals surface area (Å²) >= 11 is 3.38. The first kappa shape index (κ1) is 20.2. The van der Waals surface area contributed by atoms with Crippen molar-refractivity contribution in [1.29, 1.82) is 0 Å². The molecule has 1 aromatic heterocycles. The van der Waals surface area contributed by atoms with Gasteiger partial charge in [0.15, 0.2) is 0 Å². The van der Waals surface area contributed by atoms with Gasteiger partial charge in [0.05, 0.1) is 40.3 Å². The zero-order chi connectivity index (χ0) is 20.5. The van der Waals surface area contributed by atoms with Crippen molar-refractivity contribution in [1.82, 2.24) is 15.5 Å². The highest BCUT2D eigenvalue weighted by atomic mass is 79.9. The molecule has 0 saturated carbocycles. The van der Waals surface area contributed by atoms with Crippen LogP contribution in [0.1, 0.15) is 34.5 Å². The number of carbonyl (C=O) groups is 1. The van der Waals surface area contributed by atoms with Gasteiger partial charge in [-0.25, -0.2) is 0 Å². The Kier molecular flexibility index (Phi) is 5.66. The van der Waals surface area contributed by atoms with Gasteiger partial charge in [0.25, 0.3) is 11.8 Å². The van der Waals surface area contributed by atoms with Gasteiger partial charge in [-0.1, -0.05) is 18.2 Å². The fraction of sp³-hybridized carbons (Fsp3) is 0.263. The summed E-state index contributed by atoms with van der Waals surface area (Å²) in [5, 5.41) is 19.1. The lowest BCUT2D eigenvalue weighted by Crippen LogP contribution is -2.27. The first-order valence-corrected chi connectivity index (χ1v) is 9.17. The minimum Gasteiger partial charge on any atom is -0.495 e. The number of methoxy groups -OCH3 is 1. The molecule has 0 fully saturated rings. The SMILES string of the molecule is COc1c(Br)cc(C(=O)N[C@H](C)c2cccc(C(F)(F)CO)c2)c2[nH]ncc12. The van der Waals surface area contributed by atoms with Crippen LogP contribution in [0, 0.1) is 0 Å². The number of alkyl halides is 2. The predicted octanol–water partition coefficient (Wildman–Crippen LogP) is 3.91. The molecule has 0 aliphatic rings. The Bertz CT molecular complexity index is 1020. The molecule has 0 bridgehead atoms. The van der Waals surface area contributed by atoms with Crippen LogP contribution in [0.15, 0.2) is 41.0 Å². The fourth-order valence-electron chi connectivity index (χ4n) is 2.93. The van der Waals surface area contributed by atoms with E-state index in [0.717, 1.165) is 0 Å². The molecular weight excluding hydrogens is 436 g/mol. The third-order valence-corrected chi connectivity index (χ3v) is 5.03. The summed E-state index contributed by atoms with van der Waals surface area (Å²) in [5.74, 6) is -3.19. The zero-order valence-electron chi connectivity index (χ0n) is 15.1. The number of nitrogens with one attached hydrogen (secondary N) is 2. The smallest absolute Gasteiger partial charge is 0.295 e. The number of aliphatic hydroxyl groups is 1. The highest BCUT2D eigenvalue weighted by Crippen LogP contribution is 2.35. The molecule has 148 valence electrons. The van der Waals surface area contributed by atoms with E-state index in [4.69, 9.17) is 9.84 Å². The fourth-order valence-corrected chi connectivity index (χ4v) is 3.53. The lowest BCUT2D eigenvalue weighted by Gasteiger charge is -2.19. The number of hydrogen-bond donors (Lipinski definition) is 3. The number of ether oxygens (including phenoxy) is 1. The Morgan fingerprint density at radius 3 is 2.86 bits per heavy atom. The third-order valence-electron chi connectivity index (χ3n) is 4.45. The Balaban J connectivity index is 1.89. The van der Waals surface area contributed by atoms with E-state index in [2.05, 4.69) is 31.4 Å². The number of H-pyrrole nitrogens is 1. The standard InChI is InChI=1S/C19H18BrF2N3O3/c1-10(11-4-3-5-12(6-11)19(21,22)9-26)24-18(27)13-7-15(20)17(28-2)14-8-23-25-16(13)14/h3-8,10,26H,9H2,1-2H3,(H,23,25)(H,24,27)/t10-/m1/s1. The first-order valence-electron chi connectivity index (χ1n) is 8.38. The molecule has 3 N–H and O–H groups in total. The summed E-state index contributed by atoms with van der Waals surface area (Å²) in [6.07, 6.45) is 1.56. The molecule has 28 heavy (non-hydrogen) atoms. The molecule has 0 spiro atoms. The lowest BCUT2D eigenvalue weighted by molar-refractivity contribution is -0.0556. The second-order valence-electron chi connectivity index (χ2n) is 6.28. The molecule has 0 saturated heterocycles. The lowest BCUT2D eigenvalue weighted by atomic mass is 10.0. The number of hydrogen-bond acceptors (Lipinski definition) is 4. The van der Waals surface area contributed by atoms with E-state index < -0.39 is 24.5 Å². The monoisotopic (exact) mass is 453 g/mol. The van der Waals surface area contributed by atoms with Crippen LogP contribution in [0.4, 0.5) is 8.78 Å². The number of nitrogens with zero attached hydrogens (tertiary/aromatic N) is 1. The maximum Gasteiger partial charge on any atom is 0.295 e. The molecule has 9 heteroatoms. The molecule has 0 aliphatic carbocycles. The molecule has 1 amide bonds. The van der Waals surface area contributed by atoms with Crippen LogP contribution in [0.5, 0.6) is 5.75 Å². The third kappa shape index (κ3) is 3.72. The van der Waals surface area contributed by atoms with Crippen molar-refractivity contribution in [3.8, 4) is 5.75 Å². The van der Waals surface area contributed by atoms with Crippen molar-refractivity contribution in [3.05, 3.63) is 57.7 Å². The number of amides is 1. The number of rotatable bonds is 6. The van der Waals surface area contributed by atoms with Gasteiger partial charge in [-0.05, 0) is 40.5 Å². The van der Waals surface area contributed by atoms with E-state index >= 15 is 0 Å². The van der Waals surface area contributed by atoms with Crippen LogP contribution in [0.25, 0.3) is 10.9 Å². The Labute approximate surface area is 168 Å². The van der Waals surface area contributed by atoms with Crippen molar-refractivity contribution in [2.75, 3.05) is 13.7 Å². The Hall–Kier alpha value is -2.52. The van der Waals surface area contributed by atoms with Crippen LogP contribution in [0.2, 0.25) is 0 Å². The number of carbonyl (C=O) groups excluding carboxylic acids is 1. The second-order valence-corrected chi connectivity index (χ2v) is 7.14. The summed E-state index contributed by atoms with van der Waals surface area (Å²) in [6.45, 7) is 0.408. The predicted molar refractivity (Wildman–Crippen MR) is 104 cm³/mol.